The van der Waals surface area contributed by atoms with E-state index in [0.717, 1.165) is 5.56 Å². The summed E-state index contributed by atoms with van der Waals surface area (Å²) in [6.07, 6.45) is -0.534. The minimum Gasteiger partial charge on any atom is -0.488 e. The van der Waals surface area contributed by atoms with Gasteiger partial charge in [0.05, 0.1) is 13.7 Å². The Morgan fingerprint density at radius 3 is 2.38 bits per heavy atom. The average Bonchev–Trinajstić information content (AvgIpc) is 2.75. The van der Waals surface area contributed by atoms with E-state index in [0.29, 0.717) is 11.1 Å². The van der Waals surface area contributed by atoms with Crippen molar-refractivity contribution < 1.29 is 33.7 Å². The first-order chi connectivity index (χ1) is 15.1. The minimum atomic E-state index is -1.14. The van der Waals surface area contributed by atoms with E-state index in [-0.39, 0.29) is 30.9 Å². The largest absolute Gasteiger partial charge is 0.488 e. The van der Waals surface area contributed by atoms with Crippen LogP contribution in [0.3, 0.4) is 0 Å². The first kappa shape index (κ1) is 23.1. The fraction of sp³-hybridized carbons (Fsp3) is 0.375. The number of esters is 1. The smallest absolute Gasteiger partial charge is 0.411 e. The van der Waals surface area contributed by atoms with Gasteiger partial charge < -0.3 is 19.3 Å². The quantitative estimate of drug-likeness (QED) is 0.704. The lowest BCUT2D eigenvalue weighted by Crippen LogP contribution is -2.50. The van der Waals surface area contributed by atoms with E-state index in [9.17, 15) is 19.5 Å². The number of rotatable bonds is 5. The van der Waals surface area contributed by atoms with Gasteiger partial charge in [-0.1, -0.05) is 30.3 Å². The van der Waals surface area contributed by atoms with Crippen LogP contribution in [0.4, 0.5) is 4.79 Å². The fourth-order valence-corrected chi connectivity index (χ4v) is 3.50. The van der Waals surface area contributed by atoms with Crippen molar-refractivity contribution in [3.8, 4) is 5.75 Å². The second kappa shape index (κ2) is 9.30. The number of carboxylic acid groups (broad SMARTS) is 1. The zero-order valence-electron chi connectivity index (χ0n) is 18.6. The van der Waals surface area contributed by atoms with Crippen LogP contribution >= 0.6 is 0 Å². The number of aromatic carboxylic acids is 1. The molecule has 3 rings (SSSR count). The predicted octanol–water partition coefficient (Wildman–Crippen LogP) is 3.80. The number of hydrogen-bond acceptors (Lipinski definition) is 6. The van der Waals surface area contributed by atoms with E-state index in [1.54, 1.807) is 26.8 Å². The Balaban J connectivity index is 1.94. The maximum Gasteiger partial charge on any atom is 0.411 e. The van der Waals surface area contributed by atoms with Crippen LogP contribution in [0.25, 0.3) is 0 Å². The number of amides is 1. The van der Waals surface area contributed by atoms with Crippen LogP contribution in [0.1, 0.15) is 47.8 Å². The Morgan fingerprint density at radius 2 is 1.78 bits per heavy atom. The lowest BCUT2D eigenvalue weighted by atomic mass is 9.92. The standard InChI is InChI=1S/C24H27NO7/c1-24(2,3)32-23(29)25-13-17-12-20(31-14-15-8-6-5-7-9-15)18(21(26)27)10-16(17)11-19(25)22(28)30-4/h5-10,12,19H,11,13-14H2,1-4H3,(H,26,27)/t19-/m0/s1. The van der Waals surface area contributed by atoms with Crippen molar-refractivity contribution in [2.75, 3.05) is 7.11 Å². The minimum absolute atomic E-state index is 0.00554. The first-order valence-electron chi connectivity index (χ1n) is 10.2. The SMILES string of the molecule is COC(=O)[C@@H]1Cc2cc(C(=O)O)c(OCc3ccccc3)cc2CN1C(=O)OC(C)(C)C. The third-order valence-corrected chi connectivity index (χ3v) is 5.00. The van der Waals surface area contributed by atoms with Crippen molar-refractivity contribution in [2.45, 2.75) is 52.0 Å². The zero-order valence-corrected chi connectivity index (χ0v) is 18.6. The normalized spacial score (nSPS) is 15.5. The zero-order chi connectivity index (χ0) is 23.5. The van der Waals surface area contributed by atoms with Gasteiger partial charge in [0, 0.05) is 6.42 Å². The Labute approximate surface area is 186 Å². The summed E-state index contributed by atoms with van der Waals surface area (Å²) in [4.78, 5) is 38.4. The number of carboxylic acids is 1. The highest BCUT2D eigenvalue weighted by Crippen LogP contribution is 2.32. The summed E-state index contributed by atoms with van der Waals surface area (Å²) < 4.78 is 16.2. The number of nitrogens with zero attached hydrogens (tertiary/aromatic N) is 1. The van der Waals surface area contributed by atoms with E-state index in [1.807, 2.05) is 30.3 Å². The monoisotopic (exact) mass is 441 g/mol. The molecule has 0 unspecified atom stereocenters. The molecule has 0 aliphatic carbocycles. The summed E-state index contributed by atoms with van der Waals surface area (Å²) in [6.45, 7) is 5.48. The molecule has 0 spiro atoms. The highest BCUT2D eigenvalue weighted by Gasteiger charge is 2.38. The molecule has 1 aliphatic rings. The summed E-state index contributed by atoms with van der Waals surface area (Å²) in [5, 5.41) is 9.70. The molecule has 0 radical (unpaired) electrons. The van der Waals surface area contributed by atoms with Gasteiger partial charge in [0.2, 0.25) is 0 Å². The number of fused-ring (bicyclic) bond motifs is 1. The van der Waals surface area contributed by atoms with Crippen molar-refractivity contribution in [3.05, 3.63) is 64.7 Å². The summed E-state index contributed by atoms with van der Waals surface area (Å²) in [5.41, 5.74) is 1.47. The topological polar surface area (TPSA) is 102 Å². The maximum atomic E-state index is 12.8. The molecular formula is C24H27NO7. The third kappa shape index (κ3) is 5.38. The van der Waals surface area contributed by atoms with Gasteiger partial charge >= 0.3 is 18.0 Å². The molecule has 0 fully saturated rings. The number of carbonyl (C=O) groups is 3. The lowest BCUT2D eigenvalue weighted by Gasteiger charge is -2.36. The number of hydrogen-bond donors (Lipinski definition) is 1. The molecular weight excluding hydrogens is 414 g/mol. The van der Waals surface area contributed by atoms with E-state index < -0.39 is 29.7 Å². The highest BCUT2D eigenvalue weighted by molar-refractivity contribution is 5.91. The first-order valence-corrected chi connectivity index (χ1v) is 10.2. The number of carbonyl (C=O) groups excluding carboxylic acids is 2. The van der Waals surface area contributed by atoms with Gasteiger partial charge in [0.25, 0.3) is 0 Å². The van der Waals surface area contributed by atoms with E-state index >= 15 is 0 Å². The molecule has 1 aliphatic heterocycles. The Bertz CT molecular complexity index is 1010. The van der Waals surface area contributed by atoms with Crippen LogP contribution in [-0.2, 0) is 33.8 Å². The molecule has 8 nitrogen and oxygen atoms in total. The molecule has 0 aromatic heterocycles. The Hall–Kier alpha value is -3.55. The predicted molar refractivity (Wildman–Crippen MR) is 115 cm³/mol. The van der Waals surface area contributed by atoms with Gasteiger partial charge in [-0.3, -0.25) is 4.90 Å². The highest BCUT2D eigenvalue weighted by atomic mass is 16.6. The van der Waals surface area contributed by atoms with Crippen LogP contribution in [-0.4, -0.2) is 46.8 Å². The van der Waals surface area contributed by atoms with Gasteiger partial charge in [0.1, 0.15) is 29.6 Å². The molecule has 8 heteroatoms. The van der Waals surface area contributed by atoms with Crippen LogP contribution < -0.4 is 4.74 Å². The molecule has 170 valence electrons. The molecule has 1 heterocycles. The fourth-order valence-electron chi connectivity index (χ4n) is 3.50. The molecule has 0 saturated heterocycles. The van der Waals surface area contributed by atoms with E-state index in [2.05, 4.69) is 0 Å². The van der Waals surface area contributed by atoms with Crippen molar-refractivity contribution in [1.29, 1.82) is 0 Å². The van der Waals surface area contributed by atoms with Gasteiger partial charge in [0.15, 0.2) is 0 Å². The third-order valence-electron chi connectivity index (χ3n) is 5.00. The lowest BCUT2D eigenvalue weighted by molar-refractivity contribution is -0.147. The van der Waals surface area contributed by atoms with E-state index in [1.165, 1.54) is 18.1 Å². The van der Waals surface area contributed by atoms with Crippen LogP contribution in [0, 0.1) is 0 Å². The molecule has 1 amide bonds. The Morgan fingerprint density at radius 1 is 1.09 bits per heavy atom. The molecule has 0 bridgehead atoms. The summed E-state index contributed by atoms with van der Waals surface area (Å²) >= 11 is 0. The average molecular weight is 441 g/mol. The molecule has 2 aromatic carbocycles. The van der Waals surface area contributed by atoms with Crippen molar-refractivity contribution in [1.82, 2.24) is 4.90 Å². The van der Waals surface area contributed by atoms with Crippen LogP contribution in [0.2, 0.25) is 0 Å². The molecule has 0 saturated carbocycles. The van der Waals surface area contributed by atoms with Crippen molar-refractivity contribution in [2.24, 2.45) is 0 Å². The number of ether oxygens (including phenoxy) is 3. The molecule has 1 N–H and O–H groups in total. The van der Waals surface area contributed by atoms with Crippen LogP contribution in [0.5, 0.6) is 5.75 Å². The van der Waals surface area contributed by atoms with Gasteiger partial charge in [-0.25, -0.2) is 14.4 Å². The summed E-state index contributed by atoms with van der Waals surface area (Å²) in [6, 6.07) is 11.6. The van der Waals surface area contributed by atoms with Gasteiger partial charge in [-0.05, 0) is 49.6 Å². The van der Waals surface area contributed by atoms with Crippen molar-refractivity contribution >= 4 is 18.0 Å². The second-order valence-corrected chi connectivity index (χ2v) is 8.55. The second-order valence-electron chi connectivity index (χ2n) is 8.55. The van der Waals surface area contributed by atoms with Crippen LogP contribution in [0.15, 0.2) is 42.5 Å². The number of benzene rings is 2. The molecule has 1 atom stereocenters. The summed E-state index contributed by atoms with van der Waals surface area (Å²) in [7, 11) is 1.24. The summed E-state index contributed by atoms with van der Waals surface area (Å²) in [5.74, 6) is -1.54. The Kier molecular flexibility index (Phi) is 6.72. The van der Waals surface area contributed by atoms with Gasteiger partial charge in [-0.2, -0.15) is 0 Å². The molecule has 2 aromatic rings. The van der Waals surface area contributed by atoms with Crippen molar-refractivity contribution in [3.63, 3.8) is 0 Å². The van der Waals surface area contributed by atoms with Gasteiger partial charge in [-0.15, -0.1) is 0 Å². The maximum absolute atomic E-state index is 12.8. The molecule has 32 heavy (non-hydrogen) atoms. The number of methoxy groups -OCH3 is 1. The van der Waals surface area contributed by atoms with E-state index in [4.69, 9.17) is 14.2 Å².